The molecule has 0 aromatic carbocycles. The molecule has 0 aliphatic heterocycles. The zero-order valence-corrected chi connectivity index (χ0v) is 11.1. The van der Waals surface area contributed by atoms with Gasteiger partial charge in [0.05, 0.1) is 17.8 Å². The van der Waals surface area contributed by atoms with E-state index in [0.717, 1.165) is 15.7 Å². The maximum Gasteiger partial charge on any atom is 0.309 e. The molecule has 17 heavy (non-hydrogen) atoms. The van der Waals surface area contributed by atoms with Crippen LogP contribution in [0.5, 0.6) is 0 Å². The largest absolute Gasteiger partial charge is 0.481 e. The lowest BCUT2D eigenvalue weighted by Crippen LogP contribution is -2.12. The van der Waals surface area contributed by atoms with Gasteiger partial charge in [0.1, 0.15) is 5.01 Å². The van der Waals surface area contributed by atoms with E-state index < -0.39 is 5.97 Å². The first-order valence-corrected chi connectivity index (χ1v) is 6.18. The zero-order valence-electron chi connectivity index (χ0n) is 10.3. The van der Waals surface area contributed by atoms with Gasteiger partial charge in [0.25, 0.3) is 0 Å². The van der Waals surface area contributed by atoms with Crippen LogP contribution in [-0.4, -0.2) is 25.7 Å². The number of hydrogen-bond donors (Lipinski definition) is 1. The van der Waals surface area contributed by atoms with Crippen molar-refractivity contribution in [2.45, 2.75) is 39.5 Å². The van der Waals surface area contributed by atoms with Crippen molar-refractivity contribution < 1.29 is 9.90 Å². The van der Waals surface area contributed by atoms with Crippen LogP contribution in [0.1, 0.15) is 37.2 Å². The second kappa shape index (κ2) is 3.80. The Balaban J connectivity index is 2.56. The first-order valence-electron chi connectivity index (χ1n) is 5.36. The minimum absolute atomic E-state index is 0.0414. The third-order valence-electron chi connectivity index (χ3n) is 2.46. The molecule has 0 fully saturated rings. The molecule has 92 valence electrons. The monoisotopic (exact) mass is 253 g/mol. The normalized spacial score (nSPS) is 12.2. The van der Waals surface area contributed by atoms with Crippen molar-refractivity contribution >= 4 is 22.3 Å². The predicted molar refractivity (Wildman–Crippen MR) is 65.6 cm³/mol. The molecule has 0 aliphatic rings. The molecular formula is C11H15N3O2S. The third kappa shape index (κ3) is 2.17. The number of carbonyl (C=O) groups is 1. The van der Waals surface area contributed by atoms with Crippen LogP contribution in [0.25, 0.3) is 4.96 Å². The van der Waals surface area contributed by atoms with Gasteiger partial charge in [-0.1, -0.05) is 32.1 Å². The van der Waals surface area contributed by atoms with Gasteiger partial charge in [-0.3, -0.25) is 4.79 Å². The van der Waals surface area contributed by atoms with Gasteiger partial charge in [-0.25, -0.2) is 9.50 Å². The molecule has 0 saturated carbocycles. The van der Waals surface area contributed by atoms with Crippen LogP contribution in [0.3, 0.4) is 0 Å². The number of aliphatic carboxylic acids is 1. The van der Waals surface area contributed by atoms with Crippen molar-refractivity contribution in [1.82, 2.24) is 14.6 Å². The molecule has 2 aromatic heterocycles. The molecule has 1 N–H and O–H groups in total. The van der Waals surface area contributed by atoms with E-state index in [1.165, 1.54) is 11.3 Å². The summed E-state index contributed by atoms with van der Waals surface area (Å²) in [4.78, 5) is 15.9. The molecule has 0 saturated heterocycles. The Morgan fingerprint density at radius 2 is 2.12 bits per heavy atom. The number of aromatic nitrogens is 3. The van der Waals surface area contributed by atoms with E-state index >= 15 is 0 Å². The Labute approximate surface area is 103 Å². The second-order valence-electron chi connectivity index (χ2n) is 5.07. The van der Waals surface area contributed by atoms with Crippen LogP contribution < -0.4 is 0 Å². The highest BCUT2D eigenvalue weighted by molar-refractivity contribution is 7.16. The van der Waals surface area contributed by atoms with Gasteiger partial charge in [-0.2, -0.15) is 5.10 Å². The van der Waals surface area contributed by atoms with Gasteiger partial charge < -0.3 is 5.11 Å². The number of nitrogens with zero attached hydrogens (tertiary/aromatic N) is 3. The van der Waals surface area contributed by atoms with E-state index in [1.54, 1.807) is 4.52 Å². The fraction of sp³-hybridized carbons (Fsp3) is 0.545. The summed E-state index contributed by atoms with van der Waals surface area (Å²) in [6.45, 7) is 8.05. The summed E-state index contributed by atoms with van der Waals surface area (Å²) in [6.07, 6.45) is -0.0414. The Morgan fingerprint density at radius 3 is 2.65 bits per heavy atom. The zero-order chi connectivity index (χ0) is 12.8. The summed E-state index contributed by atoms with van der Waals surface area (Å²) in [5.41, 5.74) is 1.37. The summed E-state index contributed by atoms with van der Waals surface area (Å²) < 4.78 is 1.66. The molecule has 2 heterocycles. The molecule has 0 spiro atoms. The van der Waals surface area contributed by atoms with Crippen molar-refractivity contribution in [2.24, 2.45) is 0 Å². The average Bonchev–Trinajstić information content (AvgIpc) is 2.66. The molecule has 2 aromatic rings. The molecule has 5 nitrogen and oxygen atoms in total. The molecule has 2 rings (SSSR count). The lowest BCUT2D eigenvalue weighted by molar-refractivity contribution is -0.136. The summed E-state index contributed by atoms with van der Waals surface area (Å²) in [6, 6.07) is 0. The minimum Gasteiger partial charge on any atom is -0.481 e. The SMILES string of the molecule is Cc1nc2sc(C(C)(C)C)nn2c1CC(=O)O. The second-order valence-corrected chi connectivity index (χ2v) is 6.02. The number of imidazole rings is 1. The van der Waals surface area contributed by atoms with Crippen molar-refractivity contribution in [2.75, 3.05) is 0 Å². The van der Waals surface area contributed by atoms with Gasteiger partial charge in [0.15, 0.2) is 0 Å². The van der Waals surface area contributed by atoms with Gasteiger partial charge in [0, 0.05) is 5.41 Å². The van der Waals surface area contributed by atoms with Gasteiger partial charge in [-0.05, 0) is 6.92 Å². The summed E-state index contributed by atoms with van der Waals surface area (Å²) >= 11 is 1.51. The van der Waals surface area contributed by atoms with E-state index in [1.807, 2.05) is 6.92 Å². The summed E-state index contributed by atoms with van der Waals surface area (Å²) in [5.74, 6) is -0.861. The first-order chi connectivity index (χ1) is 7.79. The first kappa shape index (κ1) is 12.0. The molecular weight excluding hydrogens is 238 g/mol. The lowest BCUT2D eigenvalue weighted by Gasteiger charge is -2.12. The number of hydrogen-bond acceptors (Lipinski definition) is 4. The van der Waals surface area contributed by atoms with E-state index in [9.17, 15) is 4.79 Å². The highest BCUT2D eigenvalue weighted by Crippen LogP contribution is 2.28. The quantitative estimate of drug-likeness (QED) is 0.889. The molecule has 0 atom stereocenters. The number of carboxylic acids is 1. The van der Waals surface area contributed by atoms with Crippen LogP contribution in [0.15, 0.2) is 0 Å². The molecule has 0 radical (unpaired) electrons. The van der Waals surface area contributed by atoms with Crippen LogP contribution in [0, 0.1) is 6.92 Å². The van der Waals surface area contributed by atoms with Crippen LogP contribution in [0.4, 0.5) is 0 Å². The molecule has 0 aliphatic carbocycles. The number of rotatable bonds is 2. The standard InChI is InChI=1S/C11H15N3O2S/c1-6-7(5-8(15)16)14-10(12-6)17-9(13-14)11(2,3)4/h5H2,1-4H3,(H,15,16). The predicted octanol–water partition coefficient (Wildman–Crippen LogP) is 2.02. The number of fused-ring (bicyclic) bond motifs is 1. The molecule has 0 unspecified atom stereocenters. The summed E-state index contributed by atoms with van der Waals surface area (Å²) in [7, 11) is 0. The summed E-state index contributed by atoms with van der Waals surface area (Å²) in [5, 5.41) is 14.3. The molecule has 0 amide bonds. The van der Waals surface area contributed by atoms with Crippen molar-refractivity contribution in [3.63, 3.8) is 0 Å². The van der Waals surface area contributed by atoms with Gasteiger partial charge >= 0.3 is 5.97 Å². The van der Waals surface area contributed by atoms with Crippen molar-refractivity contribution in [3.05, 3.63) is 16.4 Å². The van der Waals surface area contributed by atoms with Crippen molar-refractivity contribution in [3.8, 4) is 0 Å². The van der Waals surface area contributed by atoms with Gasteiger partial charge in [-0.15, -0.1) is 0 Å². The molecule has 0 bridgehead atoms. The average molecular weight is 253 g/mol. The number of carboxylic acid groups (broad SMARTS) is 1. The van der Waals surface area contributed by atoms with Crippen LogP contribution >= 0.6 is 11.3 Å². The Morgan fingerprint density at radius 1 is 1.47 bits per heavy atom. The van der Waals surface area contributed by atoms with E-state index in [2.05, 4.69) is 30.9 Å². The topological polar surface area (TPSA) is 67.5 Å². The lowest BCUT2D eigenvalue weighted by atomic mass is 9.98. The highest BCUT2D eigenvalue weighted by Gasteiger charge is 2.22. The van der Waals surface area contributed by atoms with Crippen molar-refractivity contribution in [1.29, 1.82) is 0 Å². The fourth-order valence-corrected chi connectivity index (χ4v) is 2.56. The van der Waals surface area contributed by atoms with Crippen LogP contribution in [0.2, 0.25) is 0 Å². The fourth-order valence-electron chi connectivity index (χ4n) is 1.54. The van der Waals surface area contributed by atoms with Gasteiger partial charge in [0.2, 0.25) is 4.96 Å². The minimum atomic E-state index is -0.861. The molecule has 6 heteroatoms. The Bertz CT molecular complexity index is 577. The smallest absolute Gasteiger partial charge is 0.309 e. The third-order valence-corrected chi connectivity index (χ3v) is 3.79. The Hall–Kier alpha value is -1.43. The van der Waals surface area contributed by atoms with Crippen LogP contribution in [-0.2, 0) is 16.6 Å². The maximum absolute atomic E-state index is 10.8. The van der Waals surface area contributed by atoms with E-state index in [4.69, 9.17) is 5.11 Å². The number of aryl methyl sites for hydroxylation is 1. The maximum atomic E-state index is 10.8. The van der Waals surface area contributed by atoms with E-state index in [-0.39, 0.29) is 11.8 Å². The highest BCUT2D eigenvalue weighted by atomic mass is 32.1. The Kier molecular flexibility index (Phi) is 2.69. The van der Waals surface area contributed by atoms with E-state index in [0.29, 0.717) is 5.69 Å².